The number of amides is 5. The Morgan fingerprint density at radius 3 is 2.41 bits per heavy atom. The second-order valence-corrected chi connectivity index (χ2v) is 8.94. The van der Waals surface area contributed by atoms with Crippen molar-refractivity contribution in [1.82, 2.24) is 4.90 Å². The Kier molecular flexibility index (Phi) is 5.79. The topological polar surface area (TPSA) is 122 Å². The molecule has 9 heteroatoms. The highest BCUT2D eigenvalue weighted by atomic mass is 16.5. The average Bonchev–Trinajstić information content (AvgIpc) is 3.23. The van der Waals surface area contributed by atoms with Crippen LogP contribution in [0.15, 0.2) is 54.6 Å². The van der Waals surface area contributed by atoms with Crippen molar-refractivity contribution in [2.45, 2.75) is 43.9 Å². The van der Waals surface area contributed by atoms with Gasteiger partial charge < -0.3 is 20.7 Å². The number of imide groups is 1. The summed E-state index contributed by atoms with van der Waals surface area (Å²) in [4.78, 5) is 53.9. The van der Waals surface area contributed by atoms with Crippen LogP contribution in [0.2, 0.25) is 0 Å². The first-order valence-electron chi connectivity index (χ1n) is 11.5. The molecule has 2 aromatic carbocycles. The molecule has 0 aromatic heterocycles. The largest absolute Gasteiger partial charge is 0.366 e. The number of urea groups is 1. The van der Waals surface area contributed by atoms with Crippen molar-refractivity contribution in [2.24, 2.45) is 11.7 Å². The number of fused-ring (bicyclic) bond motifs is 3. The summed E-state index contributed by atoms with van der Waals surface area (Å²) in [5, 5.41) is 2.76. The zero-order valence-corrected chi connectivity index (χ0v) is 18.6. The summed E-state index contributed by atoms with van der Waals surface area (Å²) >= 11 is 0. The number of para-hydroxylation sites is 1. The minimum Gasteiger partial charge on any atom is -0.366 e. The van der Waals surface area contributed by atoms with Crippen LogP contribution in [0.1, 0.15) is 36.0 Å². The van der Waals surface area contributed by atoms with Gasteiger partial charge in [0, 0.05) is 17.2 Å². The lowest BCUT2D eigenvalue weighted by Crippen LogP contribution is -2.65. The molecule has 2 aromatic rings. The van der Waals surface area contributed by atoms with E-state index in [0.29, 0.717) is 16.9 Å². The fourth-order valence-corrected chi connectivity index (χ4v) is 5.32. The molecule has 4 atom stereocenters. The molecule has 34 heavy (non-hydrogen) atoms. The first-order chi connectivity index (χ1) is 16.4. The summed E-state index contributed by atoms with van der Waals surface area (Å²) in [5.41, 5.74) is 6.52. The first kappa shape index (κ1) is 22.1. The van der Waals surface area contributed by atoms with E-state index in [-0.39, 0.29) is 24.5 Å². The van der Waals surface area contributed by atoms with Crippen molar-refractivity contribution in [3.63, 3.8) is 0 Å². The van der Waals surface area contributed by atoms with Crippen LogP contribution >= 0.6 is 0 Å². The number of primary amides is 1. The lowest BCUT2D eigenvalue weighted by molar-refractivity contribution is -0.133. The van der Waals surface area contributed by atoms with E-state index < -0.39 is 30.0 Å². The molecular weight excluding hydrogens is 436 g/mol. The molecule has 0 bridgehead atoms. The number of nitrogens with two attached hydrogens (primary N) is 1. The number of carbonyl (C=O) groups is 4. The maximum Gasteiger partial charge on any atom is 0.332 e. The van der Waals surface area contributed by atoms with Gasteiger partial charge in [-0.1, -0.05) is 31.0 Å². The second-order valence-electron chi connectivity index (χ2n) is 8.94. The van der Waals surface area contributed by atoms with E-state index in [9.17, 15) is 19.2 Å². The Bertz CT molecular complexity index is 1120. The van der Waals surface area contributed by atoms with Gasteiger partial charge in [0.25, 0.3) is 5.91 Å². The smallest absolute Gasteiger partial charge is 0.332 e. The van der Waals surface area contributed by atoms with E-state index in [1.54, 1.807) is 42.5 Å². The van der Waals surface area contributed by atoms with Gasteiger partial charge in [0.05, 0.1) is 17.8 Å². The molecular formula is C25H26N4O5. The van der Waals surface area contributed by atoms with Gasteiger partial charge in [-0.2, -0.15) is 0 Å². The van der Waals surface area contributed by atoms with E-state index in [1.807, 2.05) is 0 Å². The normalized spacial score (nSPS) is 26.1. The zero-order chi connectivity index (χ0) is 23.8. The van der Waals surface area contributed by atoms with Crippen molar-refractivity contribution >= 4 is 35.1 Å². The van der Waals surface area contributed by atoms with Gasteiger partial charge in [-0.3, -0.25) is 14.4 Å². The van der Waals surface area contributed by atoms with E-state index in [0.717, 1.165) is 30.6 Å². The number of ether oxygens (including phenoxy) is 1. The number of hydrogen-bond donors (Lipinski definition) is 2. The first-order valence-corrected chi connectivity index (χ1v) is 11.5. The molecule has 0 spiro atoms. The molecule has 5 amide bonds. The van der Waals surface area contributed by atoms with Crippen molar-refractivity contribution in [3.05, 3.63) is 60.2 Å². The third-order valence-electron chi connectivity index (χ3n) is 6.87. The van der Waals surface area contributed by atoms with Gasteiger partial charge in [-0.25, -0.2) is 9.69 Å². The summed E-state index contributed by atoms with van der Waals surface area (Å²) in [6.07, 6.45) is 2.83. The molecule has 1 saturated carbocycles. The summed E-state index contributed by atoms with van der Waals surface area (Å²) < 4.78 is 6.19. The van der Waals surface area contributed by atoms with E-state index in [4.69, 9.17) is 10.5 Å². The van der Waals surface area contributed by atoms with E-state index >= 15 is 0 Å². The van der Waals surface area contributed by atoms with Crippen LogP contribution in [-0.2, 0) is 14.3 Å². The molecule has 2 aliphatic heterocycles. The Hall–Kier alpha value is -3.72. The molecule has 1 aliphatic carbocycles. The van der Waals surface area contributed by atoms with Gasteiger partial charge in [0.15, 0.2) is 6.10 Å². The van der Waals surface area contributed by atoms with Crippen molar-refractivity contribution in [3.8, 4) is 0 Å². The number of nitrogens with zero attached hydrogens (tertiary/aromatic N) is 2. The minimum atomic E-state index is -0.798. The second kappa shape index (κ2) is 8.90. The molecule has 5 rings (SSSR count). The fourth-order valence-electron chi connectivity index (χ4n) is 5.32. The van der Waals surface area contributed by atoms with Crippen LogP contribution in [0.5, 0.6) is 0 Å². The maximum absolute atomic E-state index is 13.6. The molecule has 2 saturated heterocycles. The Labute approximate surface area is 196 Å². The Morgan fingerprint density at radius 1 is 1.00 bits per heavy atom. The van der Waals surface area contributed by atoms with Crippen LogP contribution in [0.25, 0.3) is 0 Å². The Balaban J connectivity index is 1.41. The Morgan fingerprint density at radius 2 is 1.71 bits per heavy atom. The minimum absolute atomic E-state index is 0.0206. The highest BCUT2D eigenvalue weighted by Crippen LogP contribution is 2.43. The van der Waals surface area contributed by atoms with Crippen LogP contribution < -0.4 is 16.0 Å². The van der Waals surface area contributed by atoms with Crippen molar-refractivity contribution in [1.29, 1.82) is 0 Å². The summed E-state index contributed by atoms with van der Waals surface area (Å²) in [7, 11) is 0. The summed E-state index contributed by atoms with van der Waals surface area (Å²) in [5.74, 6) is -1.32. The SMILES string of the molecule is NC(=O)c1ccc(NC(=O)CN2C(=O)N(c3ccccc3)C(=O)C3OC4CCCCC4C32)cc1. The standard InChI is InChI=1S/C25H26N4O5/c26-23(31)15-10-12-16(13-11-15)27-20(30)14-28-21-18-8-4-5-9-19(18)34-22(21)24(32)29(25(28)33)17-6-2-1-3-7-17/h1-3,6-7,10-13,18-19,21-22H,4-5,8-9,14H2,(H2,26,31)(H,27,30). The number of rotatable bonds is 5. The van der Waals surface area contributed by atoms with Gasteiger partial charge in [0.2, 0.25) is 11.8 Å². The predicted octanol–water partition coefficient (Wildman–Crippen LogP) is 2.52. The lowest BCUT2D eigenvalue weighted by atomic mass is 9.81. The third kappa shape index (κ3) is 3.92. The lowest BCUT2D eigenvalue weighted by Gasteiger charge is -2.42. The highest BCUT2D eigenvalue weighted by Gasteiger charge is 2.58. The number of benzene rings is 2. The maximum atomic E-state index is 13.6. The molecule has 0 radical (unpaired) electrons. The average molecular weight is 463 g/mol. The van der Waals surface area contributed by atoms with Gasteiger partial charge >= 0.3 is 6.03 Å². The van der Waals surface area contributed by atoms with E-state index in [1.165, 1.54) is 17.0 Å². The highest BCUT2D eigenvalue weighted by molar-refractivity contribution is 6.18. The zero-order valence-electron chi connectivity index (χ0n) is 18.6. The van der Waals surface area contributed by atoms with Crippen molar-refractivity contribution in [2.75, 3.05) is 16.8 Å². The third-order valence-corrected chi connectivity index (χ3v) is 6.87. The van der Waals surface area contributed by atoms with Gasteiger partial charge in [0.1, 0.15) is 6.54 Å². The summed E-state index contributed by atoms with van der Waals surface area (Å²) in [6.45, 7) is -0.221. The molecule has 2 heterocycles. The molecule has 3 aliphatic rings. The van der Waals surface area contributed by atoms with Crippen molar-refractivity contribution < 1.29 is 23.9 Å². The molecule has 3 fully saturated rings. The molecule has 3 N–H and O–H groups in total. The number of anilines is 2. The number of nitrogens with one attached hydrogen (secondary N) is 1. The molecule has 9 nitrogen and oxygen atoms in total. The van der Waals surface area contributed by atoms with Crippen LogP contribution in [0.3, 0.4) is 0 Å². The van der Waals surface area contributed by atoms with Crippen LogP contribution in [0.4, 0.5) is 16.2 Å². The number of carbonyl (C=O) groups excluding carboxylic acids is 4. The van der Waals surface area contributed by atoms with Gasteiger partial charge in [-0.15, -0.1) is 0 Å². The quantitative estimate of drug-likeness (QED) is 0.707. The van der Waals surface area contributed by atoms with E-state index in [2.05, 4.69) is 5.32 Å². The predicted molar refractivity (Wildman–Crippen MR) is 124 cm³/mol. The summed E-state index contributed by atoms with van der Waals surface area (Å²) in [6, 6.07) is 13.9. The molecule has 176 valence electrons. The molecule has 4 unspecified atom stereocenters. The number of hydrogen-bond acceptors (Lipinski definition) is 5. The monoisotopic (exact) mass is 462 g/mol. The van der Waals surface area contributed by atoms with Crippen LogP contribution in [-0.4, -0.2) is 53.4 Å². The fraction of sp³-hybridized carbons (Fsp3) is 0.360. The van der Waals surface area contributed by atoms with Crippen LogP contribution in [0, 0.1) is 5.92 Å². The van der Waals surface area contributed by atoms with Gasteiger partial charge in [-0.05, 0) is 49.2 Å².